The van der Waals surface area contributed by atoms with Gasteiger partial charge in [-0.1, -0.05) is 18.7 Å². The summed E-state index contributed by atoms with van der Waals surface area (Å²) < 4.78 is 1.56. The predicted molar refractivity (Wildman–Crippen MR) is 75.1 cm³/mol. The van der Waals surface area contributed by atoms with Crippen molar-refractivity contribution in [2.45, 2.75) is 44.4 Å². The fourth-order valence-electron chi connectivity index (χ4n) is 1.62. The summed E-state index contributed by atoms with van der Waals surface area (Å²) in [4.78, 5) is 22.6. The fourth-order valence-corrected chi connectivity index (χ4v) is 2.64. The molecule has 0 spiro atoms. The molecule has 19 heavy (non-hydrogen) atoms. The Hall–Kier alpha value is -1.28. The highest BCUT2D eigenvalue weighted by Crippen LogP contribution is 2.15. The van der Waals surface area contributed by atoms with Crippen LogP contribution in [0.25, 0.3) is 0 Å². The summed E-state index contributed by atoms with van der Waals surface area (Å²) >= 11 is 1.44. The van der Waals surface area contributed by atoms with Crippen LogP contribution >= 0.6 is 11.8 Å². The van der Waals surface area contributed by atoms with Crippen molar-refractivity contribution in [3.05, 3.63) is 10.5 Å². The number of amides is 1. The van der Waals surface area contributed by atoms with Gasteiger partial charge in [-0.05, 0) is 26.3 Å². The van der Waals surface area contributed by atoms with Crippen molar-refractivity contribution >= 4 is 17.7 Å². The number of hydrogen-bond donors (Lipinski definition) is 3. The smallest absolute Gasteiger partial charge is 0.343 e. The van der Waals surface area contributed by atoms with Crippen LogP contribution in [-0.2, 0) is 11.3 Å². The van der Waals surface area contributed by atoms with E-state index in [4.69, 9.17) is 5.73 Å². The van der Waals surface area contributed by atoms with E-state index in [9.17, 15) is 9.59 Å². The Kier molecular flexibility index (Phi) is 6.65. The number of hydrogen-bond acceptors (Lipinski definition) is 5. The number of H-pyrrole nitrogens is 1. The van der Waals surface area contributed by atoms with E-state index in [1.807, 2.05) is 13.8 Å². The number of nitrogens with one attached hydrogen (secondary N) is 2. The average molecular weight is 287 g/mol. The summed E-state index contributed by atoms with van der Waals surface area (Å²) in [5.74, 6) is 0.332. The van der Waals surface area contributed by atoms with Gasteiger partial charge >= 0.3 is 5.69 Å². The van der Waals surface area contributed by atoms with E-state index < -0.39 is 0 Å². The maximum atomic E-state index is 11.4. The van der Waals surface area contributed by atoms with E-state index >= 15 is 0 Å². The van der Waals surface area contributed by atoms with Crippen molar-refractivity contribution in [2.24, 2.45) is 5.73 Å². The first-order chi connectivity index (χ1) is 9.10. The van der Waals surface area contributed by atoms with E-state index in [2.05, 4.69) is 15.5 Å². The standard InChI is InChI=1S/C11H21N5O2S/c1-3-6-13-8(9(12)17)5-7-19-11-15-14-10(18)16(11)4-2/h8,13H,3-7H2,1-2H3,(H2,12,17)(H,14,18). The third-order valence-corrected chi connectivity index (χ3v) is 3.67. The van der Waals surface area contributed by atoms with E-state index in [1.165, 1.54) is 11.8 Å². The van der Waals surface area contributed by atoms with Gasteiger partial charge in [0.2, 0.25) is 5.91 Å². The van der Waals surface area contributed by atoms with Crippen LogP contribution in [0.5, 0.6) is 0 Å². The SMILES string of the molecule is CCCNC(CCSc1n[nH]c(=O)n1CC)C(N)=O. The second kappa shape index (κ2) is 8.00. The average Bonchev–Trinajstić information content (AvgIpc) is 2.73. The lowest BCUT2D eigenvalue weighted by atomic mass is 10.2. The zero-order chi connectivity index (χ0) is 14.3. The van der Waals surface area contributed by atoms with Gasteiger partial charge in [0.1, 0.15) is 0 Å². The summed E-state index contributed by atoms with van der Waals surface area (Å²) in [6.07, 6.45) is 1.57. The lowest BCUT2D eigenvalue weighted by Crippen LogP contribution is -2.42. The van der Waals surface area contributed by atoms with Gasteiger partial charge in [-0.3, -0.25) is 9.36 Å². The molecule has 0 fully saturated rings. The van der Waals surface area contributed by atoms with Crippen LogP contribution in [0.2, 0.25) is 0 Å². The molecule has 1 aromatic heterocycles. The number of primary amides is 1. The first-order valence-electron chi connectivity index (χ1n) is 6.40. The molecule has 0 bridgehead atoms. The van der Waals surface area contributed by atoms with E-state index in [1.54, 1.807) is 4.57 Å². The van der Waals surface area contributed by atoms with E-state index in [-0.39, 0.29) is 17.6 Å². The minimum absolute atomic E-state index is 0.208. The Morgan fingerprint density at radius 2 is 2.32 bits per heavy atom. The Morgan fingerprint density at radius 3 is 2.89 bits per heavy atom. The molecule has 0 aromatic carbocycles. The van der Waals surface area contributed by atoms with Crippen molar-refractivity contribution in [1.29, 1.82) is 0 Å². The van der Waals surface area contributed by atoms with E-state index in [0.29, 0.717) is 23.9 Å². The largest absolute Gasteiger partial charge is 0.368 e. The molecule has 1 atom stereocenters. The molecular weight excluding hydrogens is 266 g/mol. The molecular formula is C11H21N5O2S. The number of nitrogens with zero attached hydrogens (tertiary/aromatic N) is 2. The minimum Gasteiger partial charge on any atom is -0.368 e. The zero-order valence-electron chi connectivity index (χ0n) is 11.3. The van der Waals surface area contributed by atoms with Crippen molar-refractivity contribution in [3.8, 4) is 0 Å². The van der Waals surface area contributed by atoms with Crippen LogP contribution in [0.1, 0.15) is 26.7 Å². The maximum absolute atomic E-state index is 11.4. The van der Waals surface area contributed by atoms with E-state index in [0.717, 1.165) is 13.0 Å². The Balaban J connectivity index is 2.47. The Labute approximate surface area is 116 Å². The number of carbonyl (C=O) groups excluding carboxylic acids is 1. The van der Waals surface area contributed by atoms with Crippen LogP contribution in [0.3, 0.4) is 0 Å². The van der Waals surface area contributed by atoms with Crippen LogP contribution in [0.15, 0.2) is 9.95 Å². The normalized spacial score (nSPS) is 12.5. The lowest BCUT2D eigenvalue weighted by molar-refractivity contribution is -0.120. The second-order valence-electron chi connectivity index (χ2n) is 4.10. The first kappa shape index (κ1) is 15.8. The van der Waals surface area contributed by atoms with Crippen LogP contribution < -0.4 is 16.7 Å². The number of thioether (sulfide) groups is 1. The molecule has 0 aliphatic heterocycles. The molecule has 1 aromatic rings. The quantitative estimate of drug-likeness (QED) is 0.551. The Morgan fingerprint density at radius 1 is 1.58 bits per heavy atom. The van der Waals surface area contributed by atoms with Crippen LogP contribution in [-0.4, -0.2) is 39.0 Å². The van der Waals surface area contributed by atoms with Gasteiger partial charge in [0, 0.05) is 12.3 Å². The molecule has 1 rings (SSSR count). The number of aromatic nitrogens is 3. The predicted octanol–water partition coefficient (Wildman–Crippen LogP) is -0.0730. The molecule has 1 unspecified atom stereocenters. The molecule has 8 heteroatoms. The van der Waals surface area contributed by atoms with Crippen LogP contribution in [0.4, 0.5) is 0 Å². The molecule has 0 radical (unpaired) electrons. The molecule has 0 aliphatic carbocycles. The van der Waals surface area contributed by atoms with Gasteiger partial charge in [0.15, 0.2) is 5.16 Å². The summed E-state index contributed by atoms with van der Waals surface area (Å²) in [6.45, 7) is 5.25. The van der Waals surface area contributed by atoms with Crippen molar-refractivity contribution in [3.63, 3.8) is 0 Å². The molecule has 108 valence electrons. The third kappa shape index (κ3) is 4.71. The van der Waals surface area contributed by atoms with Crippen LogP contribution in [0, 0.1) is 0 Å². The van der Waals surface area contributed by atoms with Crippen molar-refractivity contribution < 1.29 is 4.79 Å². The molecule has 0 aliphatic rings. The molecule has 7 nitrogen and oxygen atoms in total. The summed E-state index contributed by atoms with van der Waals surface area (Å²) in [5.41, 5.74) is 5.12. The van der Waals surface area contributed by atoms with Gasteiger partial charge in [-0.25, -0.2) is 9.89 Å². The van der Waals surface area contributed by atoms with Gasteiger partial charge in [0.25, 0.3) is 0 Å². The maximum Gasteiger partial charge on any atom is 0.343 e. The number of nitrogens with two attached hydrogens (primary N) is 1. The number of aromatic amines is 1. The lowest BCUT2D eigenvalue weighted by Gasteiger charge is -2.14. The highest BCUT2D eigenvalue weighted by molar-refractivity contribution is 7.99. The molecule has 1 amide bonds. The van der Waals surface area contributed by atoms with Crippen molar-refractivity contribution in [1.82, 2.24) is 20.1 Å². The fraction of sp³-hybridized carbons (Fsp3) is 0.727. The third-order valence-electron chi connectivity index (χ3n) is 2.66. The summed E-state index contributed by atoms with van der Waals surface area (Å²) in [5, 5.41) is 10.1. The van der Waals surface area contributed by atoms with Gasteiger partial charge in [-0.15, -0.1) is 5.10 Å². The minimum atomic E-state index is -0.344. The molecule has 0 saturated heterocycles. The first-order valence-corrected chi connectivity index (χ1v) is 7.39. The molecule has 1 heterocycles. The highest BCUT2D eigenvalue weighted by atomic mass is 32.2. The topological polar surface area (TPSA) is 106 Å². The summed E-state index contributed by atoms with van der Waals surface area (Å²) in [7, 11) is 0. The summed E-state index contributed by atoms with van der Waals surface area (Å²) in [6, 6.07) is -0.326. The molecule has 0 saturated carbocycles. The number of rotatable bonds is 9. The van der Waals surface area contributed by atoms with Gasteiger partial charge in [-0.2, -0.15) is 0 Å². The Bertz CT molecular complexity index is 456. The monoisotopic (exact) mass is 287 g/mol. The molecule has 4 N–H and O–H groups in total. The van der Waals surface area contributed by atoms with Gasteiger partial charge < -0.3 is 11.1 Å². The van der Waals surface area contributed by atoms with Crippen molar-refractivity contribution in [2.75, 3.05) is 12.3 Å². The number of carbonyl (C=O) groups is 1. The highest BCUT2D eigenvalue weighted by Gasteiger charge is 2.15. The zero-order valence-corrected chi connectivity index (χ0v) is 12.1. The van der Waals surface area contributed by atoms with Gasteiger partial charge in [0.05, 0.1) is 6.04 Å². The second-order valence-corrected chi connectivity index (χ2v) is 5.16.